The predicted octanol–water partition coefficient (Wildman–Crippen LogP) is 2.74. The Bertz CT molecular complexity index is 602. The molecule has 0 saturated carbocycles. The Morgan fingerprint density at radius 1 is 1.22 bits per heavy atom. The number of carbonyl (C=O) groups is 2. The summed E-state index contributed by atoms with van der Waals surface area (Å²) in [5, 5.41) is 0.710. The molecule has 2 aliphatic rings. The van der Waals surface area contributed by atoms with Gasteiger partial charge < -0.3 is 9.80 Å². The van der Waals surface area contributed by atoms with Gasteiger partial charge in [0, 0.05) is 38.1 Å². The molecule has 1 aromatic rings. The summed E-state index contributed by atoms with van der Waals surface area (Å²) in [6, 6.07) is 7.62. The molecule has 0 aliphatic carbocycles. The molecule has 1 atom stereocenters. The van der Waals surface area contributed by atoms with Crippen LogP contribution >= 0.6 is 11.6 Å². The van der Waals surface area contributed by atoms with E-state index in [1.54, 1.807) is 0 Å². The zero-order valence-electron chi connectivity index (χ0n) is 13.6. The zero-order chi connectivity index (χ0) is 16.4. The highest BCUT2D eigenvalue weighted by atomic mass is 35.5. The van der Waals surface area contributed by atoms with Gasteiger partial charge in [-0.25, -0.2) is 0 Å². The summed E-state index contributed by atoms with van der Waals surface area (Å²) in [5.41, 5.74) is 0.799. The Morgan fingerprint density at radius 2 is 1.96 bits per heavy atom. The number of hydrogen-bond donors (Lipinski definition) is 0. The molecule has 1 spiro atoms. The summed E-state index contributed by atoms with van der Waals surface area (Å²) >= 11 is 5.87. The first-order chi connectivity index (χ1) is 11.0. The number of likely N-dealkylation sites (tertiary alicyclic amines) is 2. The summed E-state index contributed by atoms with van der Waals surface area (Å²) in [6.07, 6.45) is 3.96. The number of amides is 2. The van der Waals surface area contributed by atoms with Crippen molar-refractivity contribution in [3.63, 3.8) is 0 Å². The van der Waals surface area contributed by atoms with E-state index in [1.165, 1.54) is 0 Å². The molecule has 0 bridgehead atoms. The van der Waals surface area contributed by atoms with Crippen molar-refractivity contribution >= 4 is 23.4 Å². The molecule has 0 radical (unpaired) electrons. The van der Waals surface area contributed by atoms with Crippen LogP contribution in [0, 0.1) is 5.41 Å². The average Bonchev–Trinajstić information content (AvgIpc) is 2.97. The molecule has 0 N–H and O–H groups in total. The van der Waals surface area contributed by atoms with Crippen molar-refractivity contribution in [2.24, 2.45) is 5.41 Å². The summed E-state index contributed by atoms with van der Waals surface area (Å²) in [6.45, 7) is 2.14. The summed E-state index contributed by atoms with van der Waals surface area (Å²) in [4.78, 5) is 28.7. The number of rotatable bonds is 3. The summed E-state index contributed by atoms with van der Waals surface area (Å²) in [5.74, 6) is 0.370. The first-order valence-corrected chi connectivity index (χ1v) is 8.66. The molecule has 0 aromatic heterocycles. The van der Waals surface area contributed by atoms with Crippen LogP contribution < -0.4 is 0 Å². The normalized spacial score (nSPS) is 24.5. The fraction of sp³-hybridized carbons (Fsp3) is 0.556. The molecule has 3 rings (SSSR count). The first kappa shape index (κ1) is 16.3. The monoisotopic (exact) mass is 334 g/mol. The summed E-state index contributed by atoms with van der Waals surface area (Å²) < 4.78 is 0. The van der Waals surface area contributed by atoms with Crippen LogP contribution in [-0.2, 0) is 16.0 Å². The average molecular weight is 335 g/mol. The highest BCUT2D eigenvalue weighted by Crippen LogP contribution is 2.39. The smallest absolute Gasteiger partial charge is 0.230 e. The van der Waals surface area contributed by atoms with E-state index < -0.39 is 0 Å². The number of benzene rings is 1. The number of carbonyl (C=O) groups excluding carboxylic acids is 2. The largest absolute Gasteiger partial charge is 0.345 e. The van der Waals surface area contributed by atoms with Crippen molar-refractivity contribution in [2.45, 2.75) is 32.1 Å². The fourth-order valence-electron chi connectivity index (χ4n) is 3.79. The SMILES string of the molecule is CN1CCC[C@@]2(CCN(C(=O)CCc3ccc(Cl)cc3)C2)C1=O. The van der Waals surface area contributed by atoms with E-state index in [1.807, 2.05) is 41.1 Å². The van der Waals surface area contributed by atoms with Crippen molar-refractivity contribution in [2.75, 3.05) is 26.7 Å². The predicted molar refractivity (Wildman–Crippen MR) is 90.3 cm³/mol. The van der Waals surface area contributed by atoms with Gasteiger partial charge in [-0.3, -0.25) is 9.59 Å². The van der Waals surface area contributed by atoms with Gasteiger partial charge in [0.1, 0.15) is 0 Å². The molecule has 2 amide bonds. The molecule has 124 valence electrons. The van der Waals surface area contributed by atoms with Crippen LogP contribution in [0.3, 0.4) is 0 Å². The quantitative estimate of drug-likeness (QED) is 0.852. The molecule has 23 heavy (non-hydrogen) atoms. The van der Waals surface area contributed by atoms with E-state index in [-0.39, 0.29) is 17.2 Å². The van der Waals surface area contributed by atoms with Crippen LogP contribution in [0.25, 0.3) is 0 Å². The molecule has 5 heteroatoms. The van der Waals surface area contributed by atoms with Crippen LogP contribution in [-0.4, -0.2) is 48.3 Å². The molecule has 2 aliphatic heterocycles. The lowest BCUT2D eigenvalue weighted by atomic mass is 9.78. The summed E-state index contributed by atoms with van der Waals surface area (Å²) in [7, 11) is 1.87. The van der Waals surface area contributed by atoms with Crippen molar-refractivity contribution in [1.82, 2.24) is 9.80 Å². The highest BCUT2D eigenvalue weighted by molar-refractivity contribution is 6.30. The number of hydrogen-bond acceptors (Lipinski definition) is 2. The topological polar surface area (TPSA) is 40.6 Å². The van der Waals surface area contributed by atoms with Crippen LogP contribution in [0.4, 0.5) is 0 Å². The van der Waals surface area contributed by atoms with Gasteiger partial charge in [0.2, 0.25) is 11.8 Å². The third kappa shape index (κ3) is 3.37. The second kappa shape index (κ2) is 6.52. The van der Waals surface area contributed by atoms with Crippen LogP contribution in [0.15, 0.2) is 24.3 Å². The van der Waals surface area contributed by atoms with Crippen molar-refractivity contribution < 1.29 is 9.59 Å². The van der Waals surface area contributed by atoms with Gasteiger partial charge in [0.25, 0.3) is 0 Å². The number of aryl methyl sites for hydroxylation is 1. The molecular formula is C18H23ClN2O2. The molecule has 4 nitrogen and oxygen atoms in total. The van der Waals surface area contributed by atoms with Gasteiger partial charge in [-0.05, 0) is 43.4 Å². The Balaban J connectivity index is 1.57. The molecule has 0 unspecified atom stereocenters. The third-order valence-electron chi connectivity index (χ3n) is 5.20. The second-order valence-corrected chi connectivity index (χ2v) is 7.24. The molecule has 2 fully saturated rings. The standard InChI is InChI=1S/C18H23ClN2O2/c1-20-11-2-9-18(17(20)23)10-12-21(13-18)16(22)8-5-14-3-6-15(19)7-4-14/h3-4,6-7H,2,5,8-13H2,1H3/t18-/m0/s1. The number of piperidine rings is 1. The van der Waals surface area contributed by atoms with Crippen LogP contribution in [0.1, 0.15) is 31.2 Å². The maximum Gasteiger partial charge on any atom is 0.230 e. The van der Waals surface area contributed by atoms with Gasteiger partial charge in [0.15, 0.2) is 0 Å². The van der Waals surface area contributed by atoms with E-state index in [4.69, 9.17) is 11.6 Å². The second-order valence-electron chi connectivity index (χ2n) is 6.80. The lowest BCUT2D eigenvalue weighted by molar-refractivity contribution is -0.144. The third-order valence-corrected chi connectivity index (χ3v) is 5.45. The Morgan fingerprint density at radius 3 is 2.70 bits per heavy atom. The molecular weight excluding hydrogens is 312 g/mol. The minimum atomic E-state index is -0.317. The Hall–Kier alpha value is -1.55. The van der Waals surface area contributed by atoms with Gasteiger partial charge in [0.05, 0.1) is 5.41 Å². The van der Waals surface area contributed by atoms with Crippen molar-refractivity contribution in [3.8, 4) is 0 Å². The van der Waals surface area contributed by atoms with Gasteiger partial charge in [-0.2, -0.15) is 0 Å². The van der Waals surface area contributed by atoms with Crippen LogP contribution in [0.2, 0.25) is 5.02 Å². The zero-order valence-corrected chi connectivity index (χ0v) is 14.3. The highest BCUT2D eigenvalue weighted by Gasteiger charge is 2.48. The van der Waals surface area contributed by atoms with E-state index in [2.05, 4.69) is 0 Å². The van der Waals surface area contributed by atoms with E-state index >= 15 is 0 Å². The lowest BCUT2D eigenvalue weighted by Gasteiger charge is -2.37. The van der Waals surface area contributed by atoms with Gasteiger partial charge in [-0.15, -0.1) is 0 Å². The molecule has 1 aromatic carbocycles. The lowest BCUT2D eigenvalue weighted by Crippen LogP contribution is -2.48. The number of nitrogens with zero attached hydrogens (tertiary/aromatic N) is 2. The van der Waals surface area contributed by atoms with E-state index in [0.717, 1.165) is 31.4 Å². The maximum absolute atomic E-state index is 12.5. The van der Waals surface area contributed by atoms with Crippen molar-refractivity contribution in [1.29, 1.82) is 0 Å². The van der Waals surface area contributed by atoms with Crippen LogP contribution in [0.5, 0.6) is 0 Å². The number of halogens is 1. The van der Waals surface area contributed by atoms with Crippen molar-refractivity contribution in [3.05, 3.63) is 34.9 Å². The fourth-order valence-corrected chi connectivity index (χ4v) is 3.92. The minimum Gasteiger partial charge on any atom is -0.345 e. The van der Waals surface area contributed by atoms with E-state index in [0.29, 0.717) is 31.0 Å². The Labute approximate surface area is 142 Å². The maximum atomic E-state index is 12.5. The van der Waals surface area contributed by atoms with Gasteiger partial charge >= 0.3 is 0 Å². The molecule has 2 saturated heterocycles. The minimum absolute atomic E-state index is 0.151. The molecule has 2 heterocycles. The first-order valence-electron chi connectivity index (χ1n) is 8.28. The van der Waals surface area contributed by atoms with E-state index in [9.17, 15) is 9.59 Å². The van der Waals surface area contributed by atoms with Gasteiger partial charge in [-0.1, -0.05) is 23.7 Å². The Kier molecular flexibility index (Phi) is 4.62.